The average Bonchev–Trinajstić information content (AvgIpc) is 2.38. The Balaban J connectivity index is 2.89. The Labute approximate surface area is 123 Å². The molecule has 2 N–H and O–H groups in total. The number of ether oxygens (including phenoxy) is 1. The van der Waals surface area contributed by atoms with E-state index in [1.54, 1.807) is 51.1 Å². The van der Waals surface area contributed by atoms with Gasteiger partial charge >= 0.3 is 11.7 Å². The molecule has 0 bridgehead atoms. The van der Waals surface area contributed by atoms with Gasteiger partial charge in [0.25, 0.3) is 0 Å². The van der Waals surface area contributed by atoms with E-state index in [1.807, 2.05) is 0 Å². The van der Waals surface area contributed by atoms with Crippen molar-refractivity contribution in [1.82, 2.24) is 0 Å². The van der Waals surface area contributed by atoms with Crippen LogP contribution in [0, 0.1) is 5.39 Å². The molecule has 1 unspecified atom stereocenters. The van der Waals surface area contributed by atoms with Crippen LogP contribution in [0.1, 0.15) is 38.9 Å². The van der Waals surface area contributed by atoms with Crippen LogP contribution < -0.4 is 0 Å². The minimum Gasteiger partial charge on any atom is -0.505 e. The van der Waals surface area contributed by atoms with Crippen LogP contribution in [-0.4, -0.2) is 21.8 Å². The maximum absolute atomic E-state index is 11.8. The van der Waals surface area contributed by atoms with E-state index >= 15 is 0 Å². The van der Waals surface area contributed by atoms with Crippen molar-refractivity contribution in [3.05, 3.63) is 52.3 Å². The number of hydrogen-bond acceptors (Lipinski definition) is 5. The first-order valence-corrected chi connectivity index (χ1v) is 6.48. The number of aliphatic hydroxyl groups excluding tert-OH is 2. The monoisotopic (exact) mass is 291 g/mol. The summed E-state index contributed by atoms with van der Waals surface area (Å²) >= 11 is 0. The Morgan fingerprint density at radius 2 is 1.90 bits per heavy atom. The standard InChI is InChI=1S/C15H18N2O4/c1-15(2,3)21-14(20)13(17-16)12(19)9-11(18)10-7-5-4-6-8-10/h4-8,11,18H,9H2,1-3H3/p+1. The third kappa shape index (κ3) is 5.24. The molecule has 6 nitrogen and oxygen atoms in total. The third-order valence-electron chi connectivity index (χ3n) is 2.54. The number of hydrogen-bond donors (Lipinski definition) is 2. The molecule has 0 fully saturated rings. The molecule has 0 saturated heterocycles. The van der Waals surface area contributed by atoms with E-state index in [2.05, 4.69) is 4.98 Å². The van der Waals surface area contributed by atoms with Crippen LogP contribution >= 0.6 is 0 Å². The summed E-state index contributed by atoms with van der Waals surface area (Å²) in [5, 5.41) is 28.7. The highest BCUT2D eigenvalue weighted by molar-refractivity contribution is 5.91. The summed E-state index contributed by atoms with van der Waals surface area (Å²) in [5.41, 5.74) is -0.823. The number of rotatable bonds is 4. The Bertz CT molecular complexity index is 568. The number of diazo groups is 1. The van der Waals surface area contributed by atoms with E-state index in [4.69, 9.17) is 10.1 Å². The largest absolute Gasteiger partial charge is 0.505 e. The van der Waals surface area contributed by atoms with E-state index in [0.29, 0.717) is 5.56 Å². The molecule has 1 aromatic rings. The minimum absolute atomic E-state index is 0.261. The Morgan fingerprint density at radius 3 is 2.38 bits per heavy atom. The lowest BCUT2D eigenvalue weighted by molar-refractivity contribution is -0.149. The Morgan fingerprint density at radius 1 is 1.33 bits per heavy atom. The smallest absolute Gasteiger partial charge is 0.505 e. The first-order chi connectivity index (χ1) is 9.74. The van der Waals surface area contributed by atoms with Gasteiger partial charge in [0.2, 0.25) is 5.39 Å². The molecule has 0 heterocycles. The first kappa shape index (κ1) is 16.7. The SMILES string of the molecule is CC(C)(C)OC(=O)/C([N+]#N)=C(\O)CC(O)c1ccccc1. The fourth-order valence-electron chi connectivity index (χ4n) is 1.62. The molecule has 0 aliphatic heterocycles. The van der Waals surface area contributed by atoms with Gasteiger partial charge in [0.15, 0.2) is 10.7 Å². The number of carbonyl (C=O) groups excluding carboxylic acids is 1. The normalized spacial score (nSPS) is 13.9. The van der Waals surface area contributed by atoms with Gasteiger partial charge in [-0.15, -0.1) is 0 Å². The average molecular weight is 291 g/mol. The molecule has 21 heavy (non-hydrogen) atoms. The number of carbonyl (C=O) groups is 1. The molecule has 0 amide bonds. The molecule has 0 saturated carbocycles. The molecule has 1 rings (SSSR count). The van der Waals surface area contributed by atoms with Gasteiger partial charge in [-0.3, -0.25) is 0 Å². The second-order valence-electron chi connectivity index (χ2n) is 5.53. The summed E-state index contributed by atoms with van der Waals surface area (Å²) < 4.78 is 5.01. The molecule has 112 valence electrons. The van der Waals surface area contributed by atoms with Crippen LogP contribution in [0.4, 0.5) is 0 Å². The quantitative estimate of drug-likeness (QED) is 0.385. The van der Waals surface area contributed by atoms with Crippen LogP contribution in [0.3, 0.4) is 0 Å². The molecule has 0 aromatic heterocycles. The van der Waals surface area contributed by atoms with Crippen LogP contribution in [0.15, 0.2) is 41.8 Å². The number of esters is 1. The zero-order valence-electron chi connectivity index (χ0n) is 12.3. The summed E-state index contributed by atoms with van der Waals surface area (Å²) in [6, 6.07) is 8.64. The van der Waals surface area contributed by atoms with Crippen molar-refractivity contribution >= 4 is 5.97 Å². The maximum atomic E-state index is 11.8. The fraction of sp³-hybridized carbons (Fsp3) is 0.400. The fourth-order valence-corrected chi connectivity index (χ4v) is 1.62. The van der Waals surface area contributed by atoms with Crippen molar-refractivity contribution in [3.8, 4) is 0 Å². The van der Waals surface area contributed by atoms with Crippen molar-refractivity contribution in [2.45, 2.75) is 38.9 Å². The number of nitrogens with zero attached hydrogens (tertiary/aromatic N) is 2. The van der Waals surface area contributed by atoms with Crippen molar-refractivity contribution in [1.29, 1.82) is 5.39 Å². The number of benzene rings is 1. The summed E-state index contributed by atoms with van der Waals surface area (Å²) in [6.07, 6.45) is -1.28. The molecule has 0 aliphatic carbocycles. The predicted octanol–water partition coefficient (Wildman–Crippen LogP) is 3.07. The van der Waals surface area contributed by atoms with Crippen LogP contribution in [0.25, 0.3) is 4.98 Å². The summed E-state index contributed by atoms with van der Waals surface area (Å²) in [5.74, 6) is -1.49. The topological polar surface area (TPSA) is 94.9 Å². The van der Waals surface area contributed by atoms with Gasteiger partial charge in [0.1, 0.15) is 5.60 Å². The number of aliphatic hydroxyl groups is 2. The molecular formula is C15H19N2O4+. The van der Waals surface area contributed by atoms with Gasteiger partial charge in [-0.05, 0) is 26.3 Å². The van der Waals surface area contributed by atoms with Gasteiger partial charge in [-0.25, -0.2) is 4.79 Å². The van der Waals surface area contributed by atoms with Gasteiger partial charge in [0, 0.05) is 6.42 Å². The van der Waals surface area contributed by atoms with Gasteiger partial charge in [-0.2, -0.15) is 0 Å². The van der Waals surface area contributed by atoms with E-state index in [9.17, 15) is 15.0 Å². The van der Waals surface area contributed by atoms with Crippen molar-refractivity contribution < 1.29 is 19.7 Å². The predicted molar refractivity (Wildman–Crippen MR) is 76.6 cm³/mol. The van der Waals surface area contributed by atoms with E-state index < -0.39 is 29.1 Å². The van der Waals surface area contributed by atoms with Crippen LogP contribution in [0.2, 0.25) is 0 Å². The second kappa shape index (κ2) is 6.86. The zero-order valence-corrected chi connectivity index (χ0v) is 12.3. The molecule has 0 spiro atoms. The molecule has 1 aromatic carbocycles. The highest BCUT2D eigenvalue weighted by Crippen LogP contribution is 2.23. The highest BCUT2D eigenvalue weighted by Gasteiger charge is 2.34. The highest BCUT2D eigenvalue weighted by atomic mass is 16.6. The second-order valence-corrected chi connectivity index (χ2v) is 5.53. The molecule has 0 radical (unpaired) electrons. The molecule has 1 atom stereocenters. The van der Waals surface area contributed by atoms with Crippen molar-refractivity contribution in [2.75, 3.05) is 0 Å². The molecule has 6 heteroatoms. The molecule has 0 aliphatic rings. The van der Waals surface area contributed by atoms with Crippen LogP contribution in [-0.2, 0) is 9.53 Å². The lowest BCUT2D eigenvalue weighted by Gasteiger charge is -2.17. The lowest BCUT2D eigenvalue weighted by atomic mass is 10.1. The zero-order chi connectivity index (χ0) is 16.0. The van der Waals surface area contributed by atoms with E-state index in [-0.39, 0.29) is 6.42 Å². The third-order valence-corrected chi connectivity index (χ3v) is 2.54. The molecular weight excluding hydrogens is 272 g/mol. The van der Waals surface area contributed by atoms with Crippen molar-refractivity contribution in [2.24, 2.45) is 0 Å². The maximum Gasteiger partial charge on any atom is 0.505 e. The van der Waals surface area contributed by atoms with E-state index in [0.717, 1.165) is 0 Å². The van der Waals surface area contributed by atoms with Gasteiger partial charge in [-0.1, -0.05) is 30.3 Å². The van der Waals surface area contributed by atoms with Crippen LogP contribution in [0.5, 0.6) is 0 Å². The van der Waals surface area contributed by atoms with Gasteiger partial charge in [0.05, 0.1) is 6.10 Å². The summed E-state index contributed by atoms with van der Waals surface area (Å²) in [7, 11) is 0. The lowest BCUT2D eigenvalue weighted by Crippen LogP contribution is -2.25. The Kier molecular flexibility index (Phi) is 5.44. The summed E-state index contributed by atoms with van der Waals surface area (Å²) in [4.78, 5) is 14.5. The minimum atomic E-state index is -1.02. The first-order valence-electron chi connectivity index (χ1n) is 6.48. The van der Waals surface area contributed by atoms with E-state index in [1.165, 1.54) is 0 Å². The summed E-state index contributed by atoms with van der Waals surface area (Å²) in [6.45, 7) is 4.95. The van der Waals surface area contributed by atoms with Crippen molar-refractivity contribution in [3.63, 3.8) is 0 Å². The van der Waals surface area contributed by atoms with Gasteiger partial charge < -0.3 is 14.9 Å². The Hall–Kier alpha value is -2.39.